The lowest BCUT2D eigenvalue weighted by molar-refractivity contribution is 0.179. The normalized spacial score (nSPS) is 17.1. The fourth-order valence-corrected chi connectivity index (χ4v) is 2.71. The number of hydrogen-bond donors (Lipinski definition) is 0. The molecule has 2 heteroatoms. The lowest BCUT2D eigenvalue weighted by Crippen LogP contribution is -2.00. The van der Waals surface area contributed by atoms with E-state index in [1.165, 1.54) is 62.5 Å². The summed E-state index contributed by atoms with van der Waals surface area (Å²) < 4.78 is 10.9. The fraction of sp³-hybridized carbons (Fsp3) is 0.600. The van der Waals surface area contributed by atoms with Gasteiger partial charge in [-0.05, 0) is 37.5 Å². The molecule has 1 heterocycles. The number of hydrogen-bond acceptors (Lipinski definition) is 2. The Morgan fingerprint density at radius 2 is 1.86 bits per heavy atom. The Morgan fingerprint density at radius 1 is 1.14 bits per heavy atom. The molecule has 0 amide bonds. The third kappa shape index (κ3) is 6.23. The monoisotopic (exact) mass is 302 g/mol. The van der Waals surface area contributed by atoms with E-state index >= 15 is 0 Å². The molecule has 1 aromatic carbocycles. The smallest absolute Gasteiger partial charge is 0.223 e. The summed E-state index contributed by atoms with van der Waals surface area (Å²) in [6, 6.07) is 6.55. The molecule has 0 aliphatic carbocycles. The van der Waals surface area contributed by atoms with E-state index in [1.807, 2.05) is 6.92 Å². The van der Waals surface area contributed by atoms with Gasteiger partial charge in [-0.15, -0.1) is 0 Å². The zero-order chi connectivity index (χ0) is 15.6. The first-order valence-corrected chi connectivity index (χ1v) is 8.87. The third-order valence-electron chi connectivity index (χ3n) is 4.05. The van der Waals surface area contributed by atoms with E-state index in [0.717, 1.165) is 12.4 Å². The molecular weight excluding hydrogens is 272 g/mol. The Morgan fingerprint density at radius 3 is 2.55 bits per heavy atom. The SMILES string of the molecule is CC=Cc1cc(CCCCCCCCC)ccc1OC1CO1. The van der Waals surface area contributed by atoms with E-state index < -0.39 is 0 Å². The minimum atomic E-state index is -0.0297. The van der Waals surface area contributed by atoms with Crippen molar-refractivity contribution in [3.8, 4) is 5.75 Å². The van der Waals surface area contributed by atoms with Crippen LogP contribution in [0.15, 0.2) is 24.3 Å². The third-order valence-corrected chi connectivity index (χ3v) is 4.05. The van der Waals surface area contributed by atoms with Crippen LogP contribution in [0, 0.1) is 0 Å². The zero-order valence-electron chi connectivity index (χ0n) is 14.1. The number of rotatable bonds is 11. The van der Waals surface area contributed by atoms with Crippen molar-refractivity contribution < 1.29 is 9.47 Å². The van der Waals surface area contributed by atoms with Gasteiger partial charge in [0, 0.05) is 5.56 Å². The molecule has 0 saturated carbocycles. The number of benzene rings is 1. The summed E-state index contributed by atoms with van der Waals surface area (Å²) in [7, 11) is 0. The Hall–Kier alpha value is -1.28. The minimum Gasteiger partial charge on any atom is -0.462 e. The second-order valence-electron chi connectivity index (χ2n) is 6.12. The van der Waals surface area contributed by atoms with Crippen LogP contribution < -0.4 is 4.74 Å². The molecule has 122 valence electrons. The Labute approximate surface area is 135 Å². The molecule has 1 unspecified atom stereocenters. The average molecular weight is 302 g/mol. The maximum absolute atomic E-state index is 5.77. The highest BCUT2D eigenvalue weighted by atomic mass is 16.8. The van der Waals surface area contributed by atoms with Crippen LogP contribution in [0.4, 0.5) is 0 Å². The van der Waals surface area contributed by atoms with Gasteiger partial charge in [-0.2, -0.15) is 0 Å². The minimum absolute atomic E-state index is 0.0297. The molecule has 0 radical (unpaired) electrons. The van der Waals surface area contributed by atoms with Crippen molar-refractivity contribution in [1.29, 1.82) is 0 Å². The van der Waals surface area contributed by atoms with Crippen LogP contribution in [0.2, 0.25) is 0 Å². The van der Waals surface area contributed by atoms with Crippen molar-refractivity contribution in [1.82, 2.24) is 0 Å². The molecule has 1 aliphatic heterocycles. The molecule has 1 saturated heterocycles. The number of allylic oxidation sites excluding steroid dienone is 1. The van der Waals surface area contributed by atoms with Crippen molar-refractivity contribution in [2.45, 2.75) is 71.5 Å². The van der Waals surface area contributed by atoms with E-state index in [4.69, 9.17) is 9.47 Å². The van der Waals surface area contributed by atoms with Crippen molar-refractivity contribution in [2.75, 3.05) is 6.61 Å². The van der Waals surface area contributed by atoms with E-state index in [0.29, 0.717) is 0 Å². The van der Waals surface area contributed by atoms with Gasteiger partial charge in [-0.25, -0.2) is 0 Å². The van der Waals surface area contributed by atoms with Gasteiger partial charge < -0.3 is 9.47 Å². The van der Waals surface area contributed by atoms with Crippen LogP contribution >= 0.6 is 0 Å². The molecule has 1 fully saturated rings. The number of epoxide rings is 1. The summed E-state index contributed by atoms with van der Waals surface area (Å²) in [5.41, 5.74) is 2.57. The fourth-order valence-electron chi connectivity index (χ4n) is 2.71. The molecule has 1 atom stereocenters. The average Bonchev–Trinajstić information content (AvgIpc) is 3.33. The van der Waals surface area contributed by atoms with E-state index in [-0.39, 0.29) is 6.29 Å². The summed E-state index contributed by atoms with van der Waals surface area (Å²) in [6.45, 7) is 5.03. The maximum atomic E-state index is 5.77. The predicted molar refractivity (Wildman–Crippen MR) is 93.2 cm³/mol. The van der Waals surface area contributed by atoms with Gasteiger partial charge in [0.2, 0.25) is 6.29 Å². The second kappa shape index (κ2) is 9.68. The molecule has 1 aromatic rings. The summed E-state index contributed by atoms with van der Waals surface area (Å²) in [6.07, 6.45) is 14.8. The first-order chi connectivity index (χ1) is 10.8. The molecule has 2 nitrogen and oxygen atoms in total. The number of aryl methyl sites for hydroxylation is 1. The van der Waals surface area contributed by atoms with Crippen molar-refractivity contribution in [3.63, 3.8) is 0 Å². The number of ether oxygens (including phenoxy) is 2. The van der Waals surface area contributed by atoms with Crippen LogP contribution in [-0.4, -0.2) is 12.9 Å². The van der Waals surface area contributed by atoms with Gasteiger partial charge in [0.1, 0.15) is 12.4 Å². The topological polar surface area (TPSA) is 21.8 Å². The van der Waals surface area contributed by atoms with Gasteiger partial charge in [0.05, 0.1) is 0 Å². The first kappa shape index (κ1) is 17.1. The van der Waals surface area contributed by atoms with Crippen LogP contribution in [0.3, 0.4) is 0 Å². The van der Waals surface area contributed by atoms with Gasteiger partial charge in [0.25, 0.3) is 0 Å². The van der Waals surface area contributed by atoms with Crippen LogP contribution in [0.1, 0.15) is 69.9 Å². The largest absolute Gasteiger partial charge is 0.462 e. The molecule has 2 rings (SSSR count). The second-order valence-corrected chi connectivity index (χ2v) is 6.12. The molecule has 0 bridgehead atoms. The Kier molecular flexibility index (Phi) is 7.51. The molecule has 22 heavy (non-hydrogen) atoms. The van der Waals surface area contributed by atoms with Gasteiger partial charge in [0.15, 0.2) is 0 Å². The van der Waals surface area contributed by atoms with Crippen molar-refractivity contribution in [3.05, 3.63) is 35.4 Å². The standard InChI is InChI=1S/C20H30O2/c1-3-5-6-7-8-9-10-12-17-13-14-19(22-20-16-21-20)18(15-17)11-4-2/h4,11,13-15,20H,3,5-10,12,16H2,1-2H3. The van der Waals surface area contributed by atoms with Gasteiger partial charge in [-0.3, -0.25) is 0 Å². The first-order valence-electron chi connectivity index (χ1n) is 8.87. The number of unbranched alkanes of at least 4 members (excludes halogenated alkanes) is 6. The maximum Gasteiger partial charge on any atom is 0.223 e. The van der Waals surface area contributed by atoms with Crippen molar-refractivity contribution in [2.24, 2.45) is 0 Å². The molecule has 0 spiro atoms. The van der Waals surface area contributed by atoms with Crippen LogP contribution in [-0.2, 0) is 11.2 Å². The summed E-state index contributed by atoms with van der Waals surface area (Å²) in [4.78, 5) is 0. The van der Waals surface area contributed by atoms with E-state index in [2.05, 4.69) is 37.3 Å². The Balaban J connectivity index is 1.77. The highest BCUT2D eigenvalue weighted by Gasteiger charge is 2.25. The van der Waals surface area contributed by atoms with Gasteiger partial charge in [-0.1, -0.05) is 63.7 Å². The lowest BCUT2D eigenvalue weighted by Gasteiger charge is -2.09. The molecule has 0 N–H and O–H groups in total. The molecule has 1 aliphatic rings. The van der Waals surface area contributed by atoms with E-state index in [1.54, 1.807) is 0 Å². The summed E-state index contributed by atoms with van der Waals surface area (Å²) >= 11 is 0. The summed E-state index contributed by atoms with van der Waals surface area (Å²) in [5, 5.41) is 0. The Bertz CT molecular complexity index is 461. The van der Waals surface area contributed by atoms with Crippen LogP contribution in [0.25, 0.3) is 6.08 Å². The van der Waals surface area contributed by atoms with E-state index in [9.17, 15) is 0 Å². The van der Waals surface area contributed by atoms with Crippen LogP contribution in [0.5, 0.6) is 5.75 Å². The molecular formula is C20H30O2. The highest BCUT2D eigenvalue weighted by Crippen LogP contribution is 2.26. The quantitative estimate of drug-likeness (QED) is 0.383. The lowest BCUT2D eigenvalue weighted by atomic mass is 10.0. The highest BCUT2D eigenvalue weighted by molar-refractivity contribution is 5.58. The van der Waals surface area contributed by atoms with Gasteiger partial charge >= 0.3 is 0 Å². The zero-order valence-corrected chi connectivity index (χ0v) is 14.1. The van der Waals surface area contributed by atoms with Crippen molar-refractivity contribution >= 4 is 6.08 Å². The molecule has 0 aromatic heterocycles. The summed E-state index contributed by atoms with van der Waals surface area (Å²) in [5.74, 6) is 0.934. The predicted octanol–water partition coefficient (Wildman–Crippen LogP) is 5.75.